The van der Waals surface area contributed by atoms with Crippen LogP contribution in [-0.4, -0.2) is 41.0 Å². The molecule has 0 spiro atoms. The minimum atomic E-state index is -0.390. The highest BCUT2D eigenvalue weighted by Gasteiger charge is 2.19. The molecule has 0 fully saturated rings. The zero-order chi connectivity index (χ0) is 24.9. The number of rotatable bonds is 8. The molecule has 8 nitrogen and oxygen atoms in total. The number of pyridine rings is 1. The van der Waals surface area contributed by atoms with E-state index in [-0.39, 0.29) is 17.5 Å². The first-order valence-electron chi connectivity index (χ1n) is 11.2. The van der Waals surface area contributed by atoms with Crippen molar-refractivity contribution in [3.05, 3.63) is 103 Å². The summed E-state index contributed by atoms with van der Waals surface area (Å²) in [5, 5.41) is 11.9. The number of hydrogen-bond acceptors (Lipinski definition) is 6. The van der Waals surface area contributed by atoms with E-state index >= 15 is 0 Å². The fourth-order valence-electron chi connectivity index (χ4n) is 3.69. The van der Waals surface area contributed by atoms with Gasteiger partial charge in [0.2, 0.25) is 5.91 Å². The number of halogens is 1. The molecule has 5 aromatic rings. The van der Waals surface area contributed by atoms with Crippen LogP contribution in [0.1, 0.15) is 11.4 Å². The number of thioether (sulfide) groups is 1. The maximum absolute atomic E-state index is 14.5. The predicted molar refractivity (Wildman–Crippen MR) is 135 cm³/mol. The molecule has 0 atom stereocenters. The van der Waals surface area contributed by atoms with E-state index in [9.17, 15) is 9.18 Å². The van der Waals surface area contributed by atoms with Gasteiger partial charge in [0.05, 0.1) is 11.3 Å². The minimum Gasteiger partial charge on any atom is -0.351 e. The number of aromatic nitrogens is 6. The Labute approximate surface area is 211 Å². The van der Waals surface area contributed by atoms with Crippen LogP contribution in [-0.2, 0) is 11.3 Å². The smallest absolute Gasteiger partial charge is 0.230 e. The molecule has 5 rings (SSSR count). The quantitative estimate of drug-likeness (QED) is 0.319. The molecule has 10 heteroatoms. The third-order valence-electron chi connectivity index (χ3n) is 5.47. The molecule has 1 N–H and O–H groups in total. The Hall–Kier alpha value is -4.31. The maximum Gasteiger partial charge on any atom is 0.230 e. The number of carbonyl (C=O) groups excluding carboxylic acids is 1. The predicted octanol–water partition coefficient (Wildman–Crippen LogP) is 4.37. The molecule has 3 aromatic heterocycles. The van der Waals surface area contributed by atoms with Gasteiger partial charge in [0.15, 0.2) is 11.0 Å². The summed E-state index contributed by atoms with van der Waals surface area (Å²) in [5.41, 5.74) is 2.04. The summed E-state index contributed by atoms with van der Waals surface area (Å²) in [6.07, 6.45) is 5.27. The first-order valence-corrected chi connectivity index (χ1v) is 12.2. The van der Waals surface area contributed by atoms with Crippen LogP contribution in [0.4, 0.5) is 4.39 Å². The second kappa shape index (κ2) is 10.5. The zero-order valence-electron chi connectivity index (χ0n) is 19.4. The number of amides is 1. The van der Waals surface area contributed by atoms with Crippen molar-refractivity contribution in [2.75, 3.05) is 5.75 Å². The highest BCUT2D eigenvalue weighted by atomic mass is 32.2. The van der Waals surface area contributed by atoms with Crippen LogP contribution in [0, 0.1) is 12.7 Å². The van der Waals surface area contributed by atoms with Crippen LogP contribution in [0.15, 0.2) is 90.5 Å². The van der Waals surface area contributed by atoms with Gasteiger partial charge >= 0.3 is 0 Å². The molecule has 3 heterocycles. The van der Waals surface area contributed by atoms with Crippen molar-refractivity contribution >= 4 is 17.7 Å². The lowest BCUT2D eigenvalue weighted by atomic mass is 10.2. The van der Waals surface area contributed by atoms with Crippen molar-refractivity contribution in [3.63, 3.8) is 0 Å². The number of benzene rings is 2. The molecule has 0 saturated carbocycles. The molecule has 180 valence electrons. The summed E-state index contributed by atoms with van der Waals surface area (Å²) in [4.78, 5) is 21.3. The molecular formula is C26H22FN7OS. The first kappa shape index (κ1) is 23.4. The van der Waals surface area contributed by atoms with Gasteiger partial charge in [-0.2, -0.15) is 0 Å². The Morgan fingerprint density at radius 1 is 1.00 bits per heavy atom. The SMILES string of the molecule is Cc1nccn1-c1cc(CNC(=O)CSc2nnc(-c3ccccc3F)n2-c2ccccc2)ccn1. The normalized spacial score (nSPS) is 10.9. The van der Waals surface area contributed by atoms with Crippen molar-refractivity contribution in [1.29, 1.82) is 0 Å². The molecule has 0 unspecified atom stereocenters. The molecule has 36 heavy (non-hydrogen) atoms. The van der Waals surface area contributed by atoms with Crippen LogP contribution in [0.25, 0.3) is 22.9 Å². The number of aryl methyl sites for hydroxylation is 1. The Morgan fingerprint density at radius 3 is 2.58 bits per heavy atom. The molecule has 0 aliphatic carbocycles. The molecule has 0 bridgehead atoms. The largest absolute Gasteiger partial charge is 0.351 e. The fraction of sp³-hybridized carbons (Fsp3) is 0.115. The molecule has 0 radical (unpaired) electrons. The number of carbonyl (C=O) groups is 1. The summed E-state index contributed by atoms with van der Waals surface area (Å²) < 4.78 is 18.2. The molecule has 0 aliphatic heterocycles. The molecule has 2 aromatic carbocycles. The van der Waals surface area contributed by atoms with Crippen molar-refractivity contribution in [2.45, 2.75) is 18.6 Å². The average molecular weight is 500 g/mol. The van der Waals surface area contributed by atoms with Gasteiger partial charge in [-0.3, -0.25) is 13.9 Å². The van der Waals surface area contributed by atoms with E-state index in [1.54, 1.807) is 35.2 Å². The zero-order valence-corrected chi connectivity index (χ0v) is 20.2. The van der Waals surface area contributed by atoms with Crippen molar-refractivity contribution in [3.8, 4) is 22.9 Å². The van der Waals surface area contributed by atoms with E-state index in [1.165, 1.54) is 17.8 Å². The molecule has 0 aliphatic rings. The standard InChI is InChI=1S/C26H22FN7OS/c1-18-28-13-14-33(18)23-15-19(11-12-29-23)16-30-24(35)17-36-26-32-31-25(21-9-5-6-10-22(21)27)34(26)20-7-3-2-4-8-20/h2-15H,16-17H2,1H3,(H,30,35). The topological polar surface area (TPSA) is 90.5 Å². The number of nitrogens with one attached hydrogen (secondary N) is 1. The summed E-state index contributed by atoms with van der Waals surface area (Å²) in [7, 11) is 0. The molecule has 0 saturated heterocycles. The van der Waals surface area contributed by atoms with Gasteiger partial charge < -0.3 is 5.32 Å². The van der Waals surface area contributed by atoms with E-state index < -0.39 is 0 Å². The van der Waals surface area contributed by atoms with Crippen LogP contribution in [0.2, 0.25) is 0 Å². The lowest BCUT2D eigenvalue weighted by Gasteiger charge is -2.11. The summed E-state index contributed by atoms with van der Waals surface area (Å²) in [6.45, 7) is 2.26. The van der Waals surface area contributed by atoms with E-state index in [0.29, 0.717) is 23.1 Å². The highest BCUT2D eigenvalue weighted by Crippen LogP contribution is 2.29. The lowest BCUT2D eigenvalue weighted by Crippen LogP contribution is -2.24. The van der Waals surface area contributed by atoms with E-state index in [1.807, 2.05) is 60.2 Å². The van der Waals surface area contributed by atoms with Gasteiger partial charge in [0.1, 0.15) is 17.5 Å². The maximum atomic E-state index is 14.5. The number of para-hydroxylation sites is 1. The Balaban J connectivity index is 1.29. The molecular weight excluding hydrogens is 477 g/mol. The Morgan fingerprint density at radius 2 is 1.81 bits per heavy atom. The Kier molecular flexibility index (Phi) is 6.85. The number of nitrogens with zero attached hydrogens (tertiary/aromatic N) is 6. The second-order valence-corrected chi connectivity index (χ2v) is 8.83. The third-order valence-corrected chi connectivity index (χ3v) is 6.40. The Bertz CT molecular complexity index is 1500. The second-order valence-electron chi connectivity index (χ2n) is 7.89. The summed E-state index contributed by atoms with van der Waals surface area (Å²) in [5.74, 6) is 1.52. The van der Waals surface area contributed by atoms with E-state index in [0.717, 1.165) is 22.9 Å². The van der Waals surface area contributed by atoms with Crippen LogP contribution in [0.3, 0.4) is 0 Å². The monoisotopic (exact) mass is 499 g/mol. The van der Waals surface area contributed by atoms with Gasteiger partial charge in [-0.05, 0) is 48.9 Å². The van der Waals surface area contributed by atoms with Gasteiger partial charge in [0.25, 0.3) is 0 Å². The summed E-state index contributed by atoms with van der Waals surface area (Å²) >= 11 is 1.24. The number of hydrogen-bond donors (Lipinski definition) is 1. The van der Waals surface area contributed by atoms with Gasteiger partial charge in [-0.25, -0.2) is 14.4 Å². The summed E-state index contributed by atoms with van der Waals surface area (Å²) in [6, 6.07) is 19.6. The third kappa shape index (κ3) is 5.03. The van der Waals surface area contributed by atoms with Crippen molar-refractivity contribution < 1.29 is 9.18 Å². The van der Waals surface area contributed by atoms with Crippen LogP contribution >= 0.6 is 11.8 Å². The minimum absolute atomic E-state index is 0.126. The fourth-order valence-corrected chi connectivity index (χ4v) is 4.48. The van der Waals surface area contributed by atoms with Crippen molar-refractivity contribution in [2.24, 2.45) is 0 Å². The van der Waals surface area contributed by atoms with E-state index in [2.05, 4.69) is 25.5 Å². The first-order chi connectivity index (χ1) is 17.6. The van der Waals surface area contributed by atoms with Gasteiger partial charge in [-0.15, -0.1) is 10.2 Å². The van der Waals surface area contributed by atoms with Gasteiger partial charge in [0, 0.05) is 30.8 Å². The number of imidazole rings is 1. The van der Waals surface area contributed by atoms with Gasteiger partial charge in [-0.1, -0.05) is 42.1 Å². The lowest BCUT2D eigenvalue weighted by molar-refractivity contribution is -0.118. The van der Waals surface area contributed by atoms with E-state index in [4.69, 9.17) is 0 Å². The van der Waals surface area contributed by atoms with Crippen LogP contribution in [0.5, 0.6) is 0 Å². The average Bonchev–Trinajstić information content (AvgIpc) is 3.53. The highest BCUT2D eigenvalue weighted by molar-refractivity contribution is 7.99. The van der Waals surface area contributed by atoms with Crippen molar-refractivity contribution in [1.82, 2.24) is 34.6 Å². The molecule has 1 amide bonds. The van der Waals surface area contributed by atoms with Crippen LogP contribution < -0.4 is 5.32 Å².